The van der Waals surface area contributed by atoms with Crippen molar-refractivity contribution in [3.63, 3.8) is 0 Å². The van der Waals surface area contributed by atoms with E-state index in [9.17, 15) is 4.79 Å². The zero-order chi connectivity index (χ0) is 11.3. The van der Waals surface area contributed by atoms with Crippen LogP contribution in [0, 0.1) is 17.8 Å². The van der Waals surface area contributed by atoms with Gasteiger partial charge in [-0.1, -0.05) is 26.7 Å². The molecule has 0 aromatic carbocycles. The number of carbonyl (C=O) groups is 1. The van der Waals surface area contributed by atoms with Gasteiger partial charge in [0.15, 0.2) is 0 Å². The van der Waals surface area contributed by atoms with E-state index >= 15 is 0 Å². The molecule has 88 valence electrons. The second-order valence-electron chi connectivity index (χ2n) is 4.76. The first kappa shape index (κ1) is 13.1. The molecule has 2 heteroatoms. The van der Waals surface area contributed by atoms with Crippen molar-refractivity contribution in [3.05, 3.63) is 0 Å². The first-order valence-corrected chi connectivity index (χ1v) is 7.53. The van der Waals surface area contributed by atoms with Crippen LogP contribution in [0.1, 0.15) is 46.0 Å². The van der Waals surface area contributed by atoms with Gasteiger partial charge >= 0.3 is 0 Å². The Morgan fingerprint density at radius 2 is 2.00 bits per heavy atom. The fraction of sp³-hybridized carbons (Fsp3) is 0.923. The van der Waals surface area contributed by atoms with Gasteiger partial charge in [-0.15, -0.1) is 0 Å². The number of carbonyl (C=O) groups excluding carboxylic acids is 1. The van der Waals surface area contributed by atoms with Crippen LogP contribution in [0.5, 0.6) is 0 Å². The van der Waals surface area contributed by atoms with Gasteiger partial charge in [0, 0.05) is 11.2 Å². The highest BCUT2D eigenvalue weighted by atomic mass is 32.2. The maximum Gasteiger partial charge on any atom is 0.124 e. The molecule has 15 heavy (non-hydrogen) atoms. The van der Waals surface area contributed by atoms with Crippen molar-refractivity contribution in [2.45, 2.75) is 51.2 Å². The second kappa shape index (κ2) is 6.57. The highest BCUT2D eigenvalue weighted by Gasteiger charge is 2.35. The Kier molecular flexibility index (Phi) is 5.73. The summed E-state index contributed by atoms with van der Waals surface area (Å²) >= 11 is 1.90. The Morgan fingerprint density at radius 1 is 1.33 bits per heavy atom. The summed E-state index contributed by atoms with van der Waals surface area (Å²) in [6.45, 7) is 4.57. The number of hydrogen-bond acceptors (Lipinski definition) is 2. The molecule has 0 amide bonds. The molecule has 0 radical (unpaired) electrons. The predicted octanol–water partition coefficient (Wildman–Crippen LogP) is 3.77. The molecule has 1 nitrogen and oxygen atoms in total. The minimum atomic E-state index is 0.333. The van der Waals surface area contributed by atoms with Gasteiger partial charge < -0.3 is 4.79 Å². The number of thioether (sulfide) groups is 1. The van der Waals surface area contributed by atoms with Gasteiger partial charge in [-0.25, -0.2) is 0 Å². The van der Waals surface area contributed by atoms with E-state index in [1.807, 2.05) is 11.8 Å². The molecule has 3 atom stereocenters. The summed E-state index contributed by atoms with van der Waals surface area (Å²) in [4.78, 5) is 10.9. The van der Waals surface area contributed by atoms with E-state index in [2.05, 4.69) is 20.1 Å². The summed E-state index contributed by atoms with van der Waals surface area (Å²) < 4.78 is 0. The molecular weight excluding hydrogens is 204 g/mol. The SMILES string of the molecule is CCC(CC)C[C@H]1CC[C@H](C=O)[C@H]1SC. The monoisotopic (exact) mass is 228 g/mol. The highest BCUT2D eigenvalue weighted by molar-refractivity contribution is 7.99. The second-order valence-corrected chi connectivity index (χ2v) is 5.77. The van der Waals surface area contributed by atoms with Crippen LogP contribution in [0.3, 0.4) is 0 Å². The van der Waals surface area contributed by atoms with Gasteiger partial charge in [-0.2, -0.15) is 11.8 Å². The molecule has 0 aliphatic heterocycles. The maximum atomic E-state index is 10.9. The molecule has 0 bridgehead atoms. The van der Waals surface area contributed by atoms with Crippen LogP contribution in [0.2, 0.25) is 0 Å². The lowest BCUT2D eigenvalue weighted by atomic mass is 9.89. The number of rotatable bonds is 6. The van der Waals surface area contributed by atoms with Crippen molar-refractivity contribution >= 4 is 18.0 Å². The zero-order valence-electron chi connectivity index (χ0n) is 10.2. The first-order valence-electron chi connectivity index (χ1n) is 6.24. The molecular formula is C13H24OS. The van der Waals surface area contributed by atoms with Gasteiger partial charge in [0.1, 0.15) is 6.29 Å². The Labute approximate surface area is 98.4 Å². The van der Waals surface area contributed by atoms with Crippen molar-refractivity contribution in [1.82, 2.24) is 0 Å². The molecule has 1 aliphatic carbocycles. The van der Waals surface area contributed by atoms with E-state index in [1.54, 1.807) is 0 Å². The molecule has 0 unspecified atom stereocenters. The average molecular weight is 228 g/mol. The van der Waals surface area contributed by atoms with E-state index in [4.69, 9.17) is 0 Å². The van der Waals surface area contributed by atoms with Crippen LogP contribution in [0.15, 0.2) is 0 Å². The van der Waals surface area contributed by atoms with Crippen LogP contribution in [-0.4, -0.2) is 17.8 Å². The van der Waals surface area contributed by atoms with Gasteiger partial charge in [0.25, 0.3) is 0 Å². The van der Waals surface area contributed by atoms with Crippen molar-refractivity contribution in [3.8, 4) is 0 Å². The van der Waals surface area contributed by atoms with Crippen LogP contribution in [0.25, 0.3) is 0 Å². The van der Waals surface area contributed by atoms with Crippen molar-refractivity contribution < 1.29 is 4.79 Å². The van der Waals surface area contributed by atoms with Gasteiger partial charge in [0.05, 0.1) is 0 Å². The van der Waals surface area contributed by atoms with Gasteiger partial charge in [0.2, 0.25) is 0 Å². The Bertz CT molecular complexity index is 189. The van der Waals surface area contributed by atoms with Crippen molar-refractivity contribution in [1.29, 1.82) is 0 Å². The van der Waals surface area contributed by atoms with Crippen molar-refractivity contribution in [2.75, 3.05) is 6.26 Å². The topological polar surface area (TPSA) is 17.1 Å². The lowest BCUT2D eigenvalue weighted by Crippen LogP contribution is -2.20. The van der Waals surface area contributed by atoms with Crippen molar-refractivity contribution in [2.24, 2.45) is 17.8 Å². The first-order chi connectivity index (χ1) is 7.26. The molecule has 0 spiro atoms. The van der Waals surface area contributed by atoms with E-state index in [0.29, 0.717) is 11.2 Å². The molecule has 0 aromatic heterocycles. The fourth-order valence-corrected chi connectivity index (χ4v) is 4.08. The average Bonchev–Trinajstić information content (AvgIpc) is 2.67. The predicted molar refractivity (Wildman–Crippen MR) is 68.3 cm³/mol. The molecule has 1 aliphatic rings. The van der Waals surface area contributed by atoms with E-state index in [1.165, 1.54) is 32.0 Å². The summed E-state index contributed by atoms with van der Waals surface area (Å²) in [5, 5.41) is 0.600. The standard InChI is InChI=1S/C13H24OS/c1-4-10(5-2)8-11-6-7-12(9-14)13(11)15-3/h9-13H,4-8H2,1-3H3/t11-,12-,13+/m1/s1. The van der Waals surface area contributed by atoms with Crippen LogP contribution in [-0.2, 0) is 4.79 Å². The normalized spacial score (nSPS) is 31.1. The number of hydrogen-bond donors (Lipinski definition) is 0. The lowest BCUT2D eigenvalue weighted by Gasteiger charge is -2.23. The molecule has 1 rings (SSSR count). The summed E-state index contributed by atoms with van der Waals surface area (Å²) in [7, 11) is 0. The van der Waals surface area contributed by atoms with Crippen LogP contribution < -0.4 is 0 Å². The third kappa shape index (κ3) is 3.24. The van der Waals surface area contributed by atoms with E-state index in [-0.39, 0.29) is 0 Å². The fourth-order valence-electron chi connectivity index (χ4n) is 2.90. The molecule has 0 aromatic rings. The van der Waals surface area contributed by atoms with E-state index in [0.717, 1.165) is 18.3 Å². The quantitative estimate of drug-likeness (QED) is 0.644. The Hall–Kier alpha value is 0.0200. The molecule has 0 N–H and O–H groups in total. The van der Waals surface area contributed by atoms with Crippen LogP contribution >= 0.6 is 11.8 Å². The molecule has 1 saturated carbocycles. The molecule has 0 saturated heterocycles. The molecule has 0 heterocycles. The van der Waals surface area contributed by atoms with Crippen LogP contribution in [0.4, 0.5) is 0 Å². The maximum absolute atomic E-state index is 10.9. The third-order valence-electron chi connectivity index (χ3n) is 4.00. The zero-order valence-corrected chi connectivity index (χ0v) is 11.1. The summed E-state index contributed by atoms with van der Waals surface area (Å²) in [6.07, 6.45) is 9.66. The van der Waals surface area contributed by atoms with Gasteiger partial charge in [-0.3, -0.25) is 0 Å². The van der Waals surface area contributed by atoms with E-state index < -0.39 is 0 Å². The third-order valence-corrected chi connectivity index (χ3v) is 5.27. The Balaban J connectivity index is 2.51. The summed E-state index contributed by atoms with van der Waals surface area (Å²) in [6, 6.07) is 0. The minimum Gasteiger partial charge on any atom is -0.303 e. The van der Waals surface area contributed by atoms with Gasteiger partial charge in [-0.05, 0) is 37.4 Å². The Morgan fingerprint density at radius 3 is 2.47 bits per heavy atom. The number of aldehydes is 1. The molecule has 1 fully saturated rings. The highest BCUT2D eigenvalue weighted by Crippen LogP contribution is 2.41. The summed E-state index contributed by atoms with van der Waals surface area (Å²) in [5.41, 5.74) is 0. The largest absolute Gasteiger partial charge is 0.303 e. The summed E-state index contributed by atoms with van der Waals surface area (Å²) in [5.74, 6) is 1.99. The smallest absolute Gasteiger partial charge is 0.124 e. The minimum absolute atomic E-state index is 0.333. The lowest BCUT2D eigenvalue weighted by molar-refractivity contribution is -0.110.